The molecule has 0 amide bonds. The van der Waals surface area contributed by atoms with Crippen molar-refractivity contribution in [2.45, 2.75) is 0 Å². The number of rotatable bonds is 2. The zero-order valence-electron chi connectivity index (χ0n) is 7.81. The zero-order valence-corrected chi connectivity index (χ0v) is 7.81. The first-order valence-electron chi connectivity index (χ1n) is 4.43. The molecule has 0 radical (unpaired) electrons. The zero-order chi connectivity index (χ0) is 10.8. The Bertz CT molecular complexity index is 544. The van der Waals surface area contributed by atoms with Gasteiger partial charge in [-0.1, -0.05) is 24.3 Å². The Morgan fingerprint density at radius 1 is 0.933 bits per heavy atom. The van der Waals surface area contributed by atoms with Crippen molar-refractivity contribution in [3.05, 3.63) is 41.5 Å². The molecule has 0 aliphatic rings. The fourth-order valence-electron chi connectivity index (χ4n) is 1.60. The van der Waals surface area contributed by atoms with E-state index in [1.807, 2.05) is 0 Å². The lowest BCUT2D eigenvalue weighted by atomic mass is 10.0. The van der Waals surface area contributed by atoms with E-state index in [1.54, 1.807) is 24.3 Å². The van der Waals surface area contributed by atoms with Gasteiger partial charge in [0.1, 0.15) is 5.75 Å². The van der Waals surface area contributed by atoms with Crippen LogP contribution in [-0.2, 0) is 0 Å². The largest absolute Gasteiger partial charge is 0.507 e. The summed E-state index contributed by atoms with van der Waals surface area (Å²) in [6, 6.07) is 8.33. The van der Waals surface area contributed by atoms with Gasteiger partial charge in [0.05, 0.1) is 5.56 Å². The van der Waals surface area contributed by atoms with Crippen molar-refractivity contribution >= 4 is 23.3 Å². The highest BCUT2D eigenvalue weighted by Crippen LogP contribution is 2.29. The molecule has 1 N–H and O–H groups in total. The molecule has 0 bridgehead atoms. The maximum absolute atomic E-state index is 10.8. The number of carbonyl (C=O) groups is 2. The molecule has 15 heavy (non-hydrogen) atoms. The molecule has 0 saturated heterocycles. The molecule has 2 aromatic rings. The van der Waals surface area contributed by atoms with Gasteiger partial charge in [-0.2, -0.15) is 0 Å². The average Bonchev–Trinajstić information content (AvgIpc) is 2.29. The molecule has 3 heteroatoms. The summed E-state index contributed by atoms with van der Waals surface area (Å²) in [5, 5.41) is 10.9. The summed E-state index contributed by atoms with van der Waals surface area (Å²) in [7, 11) is 0. The second-order valence-electron chi connectivity index (χ2n) is 3.18. The van der Waals surface area contributed by atoms with E-state index in [2.05, 4.69) is 0 Å². The van der Waals surface area contributed by atoms with Crippen LogP contribution < -0.4 is 0 Å². The number of fused-ring (bicyclic) bond motifs is 1. The van der Waals surface area contributed by atoms with Gasteiger partial charge < -0.3 is 5.11 Å². The van der Waals surface area contributed by atoms with Crippen molar-refractivity contribution in [1.29, 1.82) is 0 Å². The van der Waals surface area contributed by atoms with Gasteiger partial charge in [0, 0.05) is 10.9 Å². The monoisotopic (exact) mass is 200 g/mol. The number of phenolic OH excluding ortho intramolecular Hbond substituents is 1. The molecule has 0 saturated carbocycles. The van der Waals surface area contributed by atoms with Crippen LogP contribution in [0.5, 0.6) is 5.75 Å². The lowest BCUT2D eigenvalue weighted by Crippen LogP contribution is -1.88. The SMILES string of the molecule is O=Cc1ccc2cccc(C=O)c2c1O. The molecule has 74 valence electrons. The molecule has 2 aromatic carbocycles. The van der Waals surface area contributed by atoms with Crippen LogP contribution in [-0.4, -0.2) is 17.7 Å². The first kappa shape index (κ1) is 9.40. The minimum Gasteiger partial charge on any atom is -0.507 e. The molecule has 0 atom stereocenters. The highest BCUT2D eigenvalue weighted by Gasteiger charge is 2.08. The predicted molar refractivity (Wildman–Crippen MR) is 56.4 cm³/mol. The number of aromatic hydroxyl groups is 1. The maximum atomic E-state index is 10.8. The smallest absolute Gasteiger partial charge is 0.153 e. The van der Waals surface area contributed by atoms with Crippen molar-refractivity contribution in [3.8, 4) is 5.75 Å². The molecular formula is C12H8O3. The van der Waals surface area contributed by atoms with E-state index >= 15 is 0 Å². The van der Waals surface area contributed by atoms with Crippen LogP contribution in [0.25, 0.3) is 10.8 Å². The molecule has 0 aromatic heterocycles. The summed E-state index contributed by atoms with van der Waals surface area (Å²) >= 11 is 0. The van der Waals surface area contributed by atoms with Gasteiger partial charge in [-0.05, 0) is 11.5 Å². The summed E-state index contributed by atoms with van der Waals surface area (Å²) in [5.41, 5.74) is 0.575. The summed E-state index contributed by atoms with van der Waals surface area (Å²) < 4.78 is 0. The van der Waals surface area contributed by atoms with E-state index in [-0.39, 0.29) is 11.3 Å². The van der Waals surface area contributed by atoms with E-state index < -0.39 is 0 Å². The second-order valence-corrected chi connectivity index (χ2v) is 3.18. The molecular weight excluding hydrogens is 192 g/mol. The van der Waals surface area contributed by atoms with E-state index in [0.29, 0.717) is 23.5 Å². The van der Waals surface area contributed by atoms with Crippen molar-refractivity contribution in [2.24, 2.45) is 0 Å². The van der Waals surface area contributed by atoms with Gasteiger partial charge in [0.2, 0.25) is 0 Å². The highest BCUT2D eigenvalue weighted by molar-refractivity contribution is 6.04. The lowest BCUT2D eigenvalue weighted by Gasteiger charge is -2.05. The van der Waals surface area contributed by atoms with Crippen LogP contribution in [0.1, 0.15) is 20.7 Å². The Kier molecular flexibility index (Phi) is 2.21. The molecule has 0 spiro atoms. The lowest BCUT2D eigenvalue weighted by molar-refractivity contribution is 0.111. The van der Waals surface area contributed by atoms with Crippen LogP contribution in [0.4, 0.5) is 0 Å². The molecule has 0 aliphatic heterocycles. The van der Waals surface area contributed by atoms with Gasteiger partial charge in [0.25, 0.3) is 0 Å². The summed E-state index contributed by atoms with van der Waals surface area (Å²) in [6.45, 7) is 0. The van der Waals surface area contributed by atoms with Crippen molar-refractivity contribution < 1.29 is 14.7 Å². The third-order valence-electron chi connectivity index (χ3n) is 2.34. The minimum absolute atomic E-state index is 0.134. The first-order valence-corrected chi connectivity index (χ1v) is 4.43. The Balaban J connectivity index is 2.94. The number of hydrogen-bond donors (Lipinski definition) is 1. The van der Waals surface area contributed by atoms with Crippen LogP contribution in [0, 0.1) is 0 Å². The normalized spacial score (nSPS) is 10.1. The van der Waals surface area contributed by atoms with Crippen molar-refractivity contribution in [2.75, 3.05) is 0 Å². The number of hydrogen-bond acceptors (Lipinski definition) is 3. The summed E-state index contributed by atoms with van der Waals surface area (Å²) in [6.07, 6.45) is 1.23. The van der Waals surface area contributed by atoms with Crippen LogP contribution in [0.15, 0.2) is 30.3 Å². The molecule has 0 aliphatic carbocycles. The molecule has 0 heterocycles. The van der Waals surface area contributed by atoms with Crippen molar-refractivity contribution in [3.63, 3.8) is 0 Å². The topological polar surface area (TPSA) is 54.4 Å². The van der Waals surface area contributed by atoms with Gasteiger partial charge in [-0.15, -0.1) is 0 Å². The van der Waals surface area contributed by atoms with E-state index in [9.17, 15) is 14.7 Å². The third-order valence-corrected chi connectivity index (χ3v) is 2.34. The fourth-order valence-corrected chi connectivity index (χ4v) is 1.60. The highest BCUT2D eigenvalue weighted by atomic mass is 16.3. The van der Waals surface area contributed by atoms with Gasteiger partial charge in [-0.3, -0.25) is 9.59 Å². The number of benzene rings is 2. The third kappa shape index (κ3) is 1.38. The predicted octanol–water partition coefficient (Wildman–Crippen LogP) is 2.17. The number of phenols is 1. The molecule has 0 unspecified atom stereocenters. The Morgan fingerprint density at radius 2 is 1.67 bits per heavy atom. The summed E-state index contributed by atoms with van der Waals surface area (Å²) in [5.74, 6) is -0.134. The molecule has 3 nitrogen and oxygen atoms in total. The number of aldehydes is 2. The van der Waals surface area contributed by atoms with Crippen molar-refractivity contribution in [1.82, 2.24) is 0 Å². The van der Waals surface area contributed by atoms with Crippen LogP contribution in [0.3, 0.4) is 0 Å². The van der Waals surface area contributed by atoms with E-state index in [0.717, 1.165) is 5.39 Å². The second kappa shape index (κ2) is 3.53. The minimum atomic E-state index is -0.134. The first-order chi connectivity index (χ1) is 7.27. The Morgan fingerprint density at radius 3 is 2.33 bits per heavy atom. The quantitative estimate of drug-likeness (QED) is 0.756. The van der Waals surface area contributed by atoms with Gasteiger partial charge in [0.15, 0.2) is 12.6 Å². The van der Waals surface area contributed by atoms with E-state index in [4.69, 9.17) is 0 Å². The Hall–Kier alpha value is -2.16. The van der Waals surface area contributed by atoms with Gasteiger partial charge in [-0.25, -0.2) is 0 Å². The standard InChI is InChI=1S/C12H8O3/c13-6-9-3-1-2-8-4-5-10(7-14)12(15)11(8)9/h1-7,15H. The number of carbonyl (C=O) groups excluding carboxylic acids is 2. The fraction of sp³-hybridized carbons (Fsp3) is 0. The van der Waals surface area contributed by atoms with Crippen LogP contribution >= 0.6 is 0 Å². The molecule has 0 fully saturated rings. The summed E-state index contributed by atoms with van der Waals surface area (Å²) in [4.78, 5) is 21.4. The molecule has 2 rings (SSSR count). The van der Waals surface area contributed by atoms with Gasteiger partial charge >= 0.3 is 0 Å². The van der Waals surface area contributed by atoms with E-state index in [1.165, 1.54) is 6.07 Å². The Labute approximate surface area is 86.0 Å². The van der Waals surface area contributed by atoms with Crippen LogP contribution in [0.2, 0.25) is 0 Å². The average molecular weight is 200 g/mol. The maximum Gasteiger partial charge on any atom is 0.153 e.